The lowest BCUT2D eigenvalue weighted by molar-refractivity contribution is -0.122. The molecule has 1 saturated heterocycles. The van der Waals surface area contributed by atoms with Gasteiger partial charge in [-0.2, -0.15) is 4.31 Å². The summed E-state index contributed by atoms with van der Waals surface area (Å²) in [7, 11) is -7.12. The molecule has 0 spiro atoms. The monoisotopic (exact) mass is 451 g/mol. The van der Waals surface area contributed by atoms with E-state index in [-0.39, 0.29) is 35.1 Å². The van der Waals surface area contributed by atoms with E-state index in [1.54, 1.807) is 13.0 Å². The van der Waals surface area contributed by atoms with Crippen LogP contribution in [0.1, 0.15) is 18.5 Å². The molecule has 1 aliphatic carbocycles. The summed E-state index contributed by atoms with van der Waals surface area (Å²) >= 11 is 0. The molecule has 160 valence electrons. The first-order valence-electron chi connectivity index (χ1n) is 9.37. The number of hydrogen-bond acceptors (Lipinski definition) is 7. The average molecular weight is 452 g/mol. The molecule has 1 aromatic carbocycles. The van der Waals surface area contributed by atoms with E-state index >= 15 is 0 Å². The normalized spacial score (nSPS) is 17.9. The molecule has 2 aromatic rings. The van der Waals surface area contributed by atoms with Crippen molar-refractivity contribution in [2.45, 2.75) is 29.9 Å². The minimum absolute atomic E-state index is 0.00375. The third-order valence-corrected chi connectivity index (χ3v) is 8.65. The van der Waals surface area contributed by atoms with E-state index in [0.717, 1.165) is 0 Å². The molecule has 2 fully saturated rings. The van der Waals surface area contributed by atoms with Gasteiger partial charge in [0.05, 0.1) is 16.1 Å². The van der Waals surface area contributed by atoms with Gasteiger partial charge in [0.25, 0.3) is 10.0 Å². The van der Waals surface area contributed by atoms with Gasteiger partial charge in [0.2, 0.25) is 21.9 Å². The Bertz CT molecular complexity index is 1170. The molecule has 1 aliphatic heterocycles. The van der Waals surface area contributed by atoms with E-state index < -0.39 is 26.0 Å². The SMILES string of the molecule is Cc1ccnc(NS(=O)(=O)c2ccc(NC(=O)C3CN(S(=O)(=O)C4CC4)C3)cc2)n1. The topological polar surface area (TPSA) is 138 Å². The van der Waals surface area contributed by atoms with Crippen molar-refractivity contribution in [3.63, 3.8) is 0 Å². The first-order valence-corrected chi connectivity index (χ1v) is 12.4. The highest BCUT2D eigenvalue weighted by Gasteiger charge is 2.46. The fourth-order valence-electron chi connectivity index (χ4n) is 3.03. The van der Waals surface area contributed by atoms with Crippen LogP contribution in [0.25, 0.3) is 0 Å². The molecule has 2 aliphatic rings. The maximum atomic E-state index is 12.5. The summed E-state index contributed by atoms with van der Waals surface area (Å²) in [6.45, 7) is 2.08. The second kappa shape index (κ2) is 7.60. The van der Waals surface area contributed by atoms with Gasteiger partial charge in [0, 0.05) is 30.7 Å². The number of anilines is 2. The molecular formula is C18H21N5O5S2. The van der Waals surface area contributed by atoms with E-state index in [1.807, 2.05) is 0 Å². The van der Waals surface area contributed by atoms with Crippen LogP contribution in [0.5, 0.6) is 0 Å². The van der Waals surface area contributed by atoms with Crippen LogP contribution < -0.4 is 10.0 Å². The average Bonchev–Trinajstić information content (AvgIpc) is 3.46. The minimum atomic E-state index is -3.87. The van der Waals surface area contributed by atoms with Crippen LogP contribution in [0, 0.1) is 12.8 Å². The zero-order chi connectivity index (χ0) is 21.5. The molecule has 1 saturated carbocycles. The number of carbonyl (C=O) groups is 1. The molecule has 30 heavy (non-hydrogen) atoms. The molecule has 12 heteroatoms. The van der Waals surface area contributed by atoms with Crippen LogP contribution in [-0.2, 0) is 24.8 Å². The van der Waals surface area contributed by atoms with Crippen LogP contribution in [0.4, 0.5) is 11.6 Å². The summed E-state index contributed by atoms with van der Waals surface area (Å²) in [5.41, 5.74) is 1.05. The summed E-state index contributed by atoms with van der Waals surface area (Å²) in [5, 5.41) is 2.41. The Hall–Kier alpha value is -2.57. The predicted octanol–water partition coefficient (Wildman–Crippen LogP) is 0.948. The van der Waals surface area contributed by atoms with Gasteiger partial charge in [-0.15, -0.1) is 0 Å². The van der Waals surface area contributed by atoms with E-state index in [9.17, 15) is 21.6 Å². The summed E-state index contributed by atoms with van der Waals surface area (Å²) in [6, 6.07) is 7.32. The molecule has 2 heterocycles. The number of aromatic nitrogens is 2. The van der Waals surface area contributed by atoms with Crippen molar-refractivity contribution >= 4 is 37.6 Å². The van der Waals surface area contributed by atoms with E-state index in [1.165, 1.54) is 34.8 Å². The van der Waals surface area contributed by atoms with Crippen LogP contribution in [0.2, 0.25) is 0 Å². The second-order valence-corrected chi connectivity index (χ2v) is 11.3. The van der Waals surface area contributed by atoms with Crippen molar-refractivity contribution in [2.75, 3.05) is 23.1 Å². The maximum absolute atomic E-state index is 12.5. The quantitative estimate of drug-likeness (QED) is 0.639. The Morgan fingerprint density at radius 2 is 1.73 bits per heavy atom. The van der Waals surface area contributed by atoms with Crippen LogP contribution in [0.15, 0.2) is 41.4 Å². The highest BCUT2D eigenvalue weighted by Crippen LogP contribution is 2.34. The summed E-state index contributed by atoms with van der Waals surface area (Å²) in [6.07, 6.45) is 2.84. The fourth-order valence-corrected chi connectivity index (χ4v) is 5.91. The second-order valence-electron chi connectivity index (χ2n) is 7.40. The van der Waals surface area contributed by atoms with Gasteiger partial charge >= 0.3 is 0 Å². The number of amides is 1. The zero-order valence-electron chi connectivity index (χ0n) is 16.1. The molecule has 10 nitrogen and oxygen atoms in total. The Kier molecular flexibility index (Phi) is 5.24. The van der Waals surface area contributed by atoms with Crippen LogP contribution in [0.3, 0.4) is 0 Å². The van der Waals surface area contributed by atoms with Gasteiger partial charge < -0.3 is 5.32 Å². The number of carbonyl (C=O) groups excluding carboxylic acids is 1. The van der Waals surface area contributed by atoms with E-state index in [4.69, 9.17) is 0 Å². The maximum Gasteiger partial charge on any atom is 0.264 e. The van der Waals surface area contributed by atoms with Crippen molar-refractivity contribution in [1.29, 1.82) is 0 Å². The molecular weight excluding hydrogens is 430 g/mol. The molecule has 4 rings (SSSR count). The largest absolute Gasteiger partial charge is 0.326 e. The third kappa shape index (κ3) is 4.30. The molecule has 2 N–H and O–H groups in total. The number of sulfonamides is 2. The predicted molar refractivity (Wildman–Crippen MR) is 110 cm³/mol. The van der Waals surface area contributed by atoms with E-state index in [0.29, 0.717) is 24.2 Å². The molecule has 0 unspecified atom stereocenters. The Morgan fingerprint density at radius 3 is 2.33 bits per heavy atom. The van der Waals surface area contributed by atoms with Crippen molar-refractivity contribution in [1.82, 2.24) is 14.3 Å². The number of nitrogens with zero attached hydrogens (tertiary/aromatic N) is 3. The Balaban J connectivity index is 1.35. The van der Waals surface area contributed by atoms with Crippen molar-refractivity contribution in [2.24, 2.45) is 5.92 Å². The fraction of sp³-hybridized carbons (Fsp3) is 0.389. The lowest BCUT2D eigenvalue weighted by Crippen LogP contribution is -2.55. The van der Waals surface area contributed by atoms with Gasteiger partial charge in [-0.3, -0.25) is 4.79 Å². The summed E-state index contributed by atoms with van der Waals surface area (Å²) < 4.78 is 52.8. The van der Waals surface area contributed by atoms with Crippen LogP contribution in [-0.4, -0.2) is 55.4 Å². The number of rotatable bonds is 7. The van der Waals surface area contributed by atoms with Crippen molar-refractivity contribution in [3.05, 3.63) is 42.2 Å². The molecule has 0 atom stereocenters. The summed E-state index contributed by atoms with van der Waals surface area (Å²) in [5.74, 6) is -0.732. The number of nitrogens with one attached hydrogen (secondary N) is 2. The smallest absolute Gasteiger partial charge is 0.264 e. The molecule has 1 aromatic heterocycles. The van der Waals surface area contributed by atoms with Crippen molar-refractivity contribution in [3.8, 4) is 0 Å². The zero-order valence-corrected chi connectivity index (χ0v) is 17.8. The van der Waals surface area contributed by atoms with Gasteiger partial charge in [-0.1, -0.05) is 0 Å². The lowest BCUT2D eigenvalue weighted by atomic mass is 10.0. The highest BCUT2D eigenvalue weighted by atomic mass is 32.2. The van der Waals surface area contributed by atoms with Gasteiger partial charge in [-0.25, -0.2) is 31.5 Å². The molecule has 0 bridgehead atoms. The first kappa shape index (κ1) is 20.7. The Labute approximate surface area is 174 Å². The van der Waals surface area contributed by atoms with E-state index in [2.05, 4.69) is 20.0 Å². The minimum Gasteiger partial charge on any atom is -0.326 e. The van der Waals surface area contributed by atoms with Gasteiger partial charge in [-0.05, 0) is 50.1 Å². The highest BCUT2D eigenvalue weighted by molar-refractivity contribution is 7.92. The molecule has 0 radical (unpaired) electrons. The third-order valence-electron chi connectivity index (χ3n) is 4.98. The van der Waals surface area contributed by atoms with Gasteiger partial charge in [0.15, 0.2) is 0 Å². The number of benzene rings is 1. The molecule has 1 amide bonds. The Morgan fingerprint density at radius 1 is 1.07 bits per heavy atom. The van der Waals surface area contributed by atoms with Gasteiger partial charge in [0.1, 0.15) is 0 Å². The summed E-state index contributed by atoms with van der Waals surface area (Å²) in [4.78, 5) is 20.2. The number of aryl methyl sites for hydroxylation is 1. The lowest BCUT2D eigenvalue weighted by Gasteiger charge is -2.37. The standard InChI is InChI=1S/C18H21N5O5S2/c1-12-8-9-19-18(20-12)22-29(25,26)15-4-2-14(3-5-15)21-17(24)13-10-23(11-13)30(27,28)16-6-7-16/h2-5,8-9,13,16H,6-7,10-11H2,1H3,(H,21,24)(H,19,20,22). The van der Waals surface area contributed by atoms with Crippen molar-refractivity contribution < 1.29 is 21.6 Å². The number of hydrogen-bond donors (Lipinski definition) is 2. The van der Waals surface area contributed by atoms with Crippen LogP contribution >= 0.6 is 0 Å². The first-order chi connectivity index (χ1) is 14.1.